The fourth-order valence-corrected chi connectivity index (χ4v) is 1.63. The quantitative estimate of drug-likeness (QED) is 0.746. The van der Waals surface area contributed by atoms with Crippen molar-refractivity contribution in [2.45, 2.75) is 13.3 Å². The molecule has 1 heterocycles. The van der Waals surface area contributed by atoms with E-state index in [0.717, 1.165) is 0 Å². The van der Waals surface area contributed by atoms with Crippen LogP contribution in [-0.2, 0) is 6.42 Å². The minimum atomic E-state index is -0.306. The van der Waals surface area contributed by atoms with E-state index in [9.17, 15) is 4.39 Å². The van der Waals surface area contributed by atoms with Crippen molar-refractivity contribution in [1.82, 2.24) is 9.97 Å². The van der Waals surface area contributed by atoms with E-state index >= 15 is 0 Å². The summed E-state index contributed by atoms with van der Waals surface area (Å²) in [5.41, 5.74) is 0.969. The van der Waals surface area contributed by atoms with Gasteiger partial charge >= 0.3 is 0 Å². The van der Waals surface area contributed by atoms with Crippen molar-refractivity contribution in [3.8, 4) is 11.3 Å². The Labute approximate surface area is 98.1 Å². The van der Waals surface area contributed by atoms with E-state index in [1.807, 2.05) is 6.92 Å². The summed E-state index contributed by atoms with van der Waals surface area (Å²) in [6.45, 7) is 1.93. The van der Waals surface area contributed by atoms with E-state index in [0.29, 0.717) is 28.7 Å². The lowest BCUT2D eigenvalue weighted by molar-refractivity contribution is 0.630. The molecule has 2 nitrogen and oxygen atoms in total. The van der Waals surface area contributed by atoms with Crippen LogP contribution in [0.5, 0.6) is 0 Å². The predicted octanol–water partition coefficient (Wildman–Crippen LogP) is 3.50. The van der Waals surface area contributed by atoms with Crippen molar-refractivity contribution in [1.29, 1.82) is 0 Å². The van der Waals surface area contributed by atoms with Gasteiger partial charge in [-0.2, -0.15) is 0 Å². The average Bonchev–Trinajstić information content (AvgIpc) is 2.28. The molecular weight excluding hydrogens is 227 g/mol. The highest BCUT2D eigenvalue weighted by Gasteiger charge is 2.08. The first-order valence-corrected chi connectivity index (χ1v) is 5.37. The molecule has 0 unspecified atom stereocenters. The van der Waals surface area contributed by atoms with E-state index in [-0.39, 0.29) is 5.82 Å². The van der Waals surface area contributed by atoms with E-state index < -0.39 is 0 Å². The van der Waals surface area contributed by atoms with Crippen molar-refractivity contribution in [2.24, 2.45) is 0 Å². The van der Waals surface area contributed by atoms with E-state index in [1.165, 1.54) is 6.07 Å². The second-order valence-electron chi connectivity index (χ2n) is 3.33. The van der Waals surface area contributed by atoms with Crippen LogP contribution in [-0.4, -0.2) is 9.97 Å². The minimum absolute atomic E-state index is 0.306. The fraction of sp³-hybridized carbons (Fsp3) is 0.167. The maximum absolute atomic E-state index is 13.5. The lowest BCUT2D eigenvalue weighted by Crippen LogP contribution is -1.96. The van der Waals surface area contributed by atoms with Gasteiger partial charge < -0.3 is 0 Å². The van der Waals surface area contributed by atoms with Gasteiger partial charge in [-0.3, -0.25) is 0 Å². The summed E-state index contributed by atoms with van der Waals surface area (Å²) >= 11 is 5.86. The van der Waals surface area contributed by atoms with Crippen LogP contribution in [0.3, 0.4) is 0 Å². The number of aromatic nitrogens is 2. The number of benzene rings is 1. The van der Waals surface area contributed by atoms with Crippen LogP contribution >= 0.6 is 11.6 Å². The first-order chi connectivity index (χ1) is 7.70. The van der Waals surface area contributed by atoms with Crippen molar-refractivity contribution in [2.75, 3.05) is 0 Å². The lowest BCUT2D eigenvalue weighted by atomic mass is 10.1. The van der Waals surface area contributed by atoms with Crippen LogP contribution in [0.2, 0.25) is 5.15 Å². The third kappa shape index (κ3) is 2.19. The molecule has 4 heteroatoms. The highest BCUT2D eigenvalue weighted by molar-refractivity contribution is 6.29. The van der Waals surface area contributed by atoms with Gasteiger partial charge in [-0.15, -0.1) is 0 Å². The predicted molar refractivity (Wildman–Crippen MR) is 61.8 cm³/mol. The Hall–Kier alpha value is -1.48. The van der Waals surface area contributed by atoms with E-state index in [2.05, 4.69) is 9.97 Å². The van der Waals surface area contributed by atoms with Gasteiger partial charge in [0.25, 0.3) is 0 Å². The normalized spacial score (nSPS) is 10.4. The molecule has 0 bridgehead atoms. The average molecular weight is 237 g/mol. The Kier molecular flexibility index (Phi) is 3.15. The van der Waals surface area contributed by atoms with Gasteiger partial charge in [0, 0.05) is 18.1 Å². The highest BCUT2D eigenvalue weighted by atomic mass is 35.5. The molecule has 0 spiro atoms. The zero-order valence-electron chi connectivity index (χ0n) is 8.74. The largest absolute Gasteiger partial charge is 0.233 e. The van der Waals surface area contributed by atoms with Gasteiger partial charge in [0.2, 0.25) is 0 Å². The minimum Gasteiger partial charge on any atom is -0.233 e. The Morgan fingerprint density at radius 1 is 1.25 bits per heavy atom. The van der Waals surface area contributed by atoms with Gasteiger partial charge in [0.1, 0.15) is 16.8 Å². The molecule has 1 aromatic heterocycles. The van der Waals surface area contributed by atoms with Gasteiger partial charge in [-0.25, -0.2) is 14.4 Å². The van der Waals surface area contributed by atoms with Crippen LogP contribution in [0.1, 0.15) is 12.7 Å². The number of halogens is 2. The Morgan fingerprint density at radius 3 is 2.69 bits per heavy atom. The van der Waals surface area contributed by atoms with Crippen LogP contribution in [0.25, 0.3) is 11.3 Å². The summed E-state index contributed by atoms with van der Waals surface area (Å²) in [5.74, 6) is 0.310. The molecule has 2 rings (SSSR count). The Balaban J connectivity index is 2.56. The number of hydrogen-bond donors (Lipinski definition) is 0. The van der Waals surface area contributed by atoms with Crippen LogP contribution in [0.4, 0.5) is 4.39 Å². The third-order valence-electron chi connectivity index (χ3n) is 2.21. The Bertz CT molecular complexity index is 514. The monoisotopic (exact) mass is 236 g/mol. The van der Waals surface area contributed by atoms with E-state index in [1.54, 1.807) is 24.3 Å². The van der Waals surface area contributed by atoms with Crippen molar-refractivity contribution in [3.05, 3.63) is 47.1 Å². The van der Waals surface area contributed by atoms with Gasteiger partial charge in [0.15, 0.2) is 0 Å². The third-order valence-corrected chi connectivity index (χ3v) is 2.40. The summed E-state index contributed by atoms with van der Waals surface area (Å²) in [7, 11) is 0. The molecule has 0 saturated carbocycles. The standard InChI is InChI=1S/C12H10ClFN2/c1-2-12-15-10(7-11(13)16-12)8-5-3-4-6-9(8)14/h3-7H,2H2,1H3. The molecular formula is C12H10ClFN2. The molecule has 0 radical (unpaired) electrons. The molecule has 0 saturated heterocycles. The van der Waals surface area contributed by atoms with Crippen molar-refractivity contribution in [3.63, 3.8) is 0 Å². The summed E-state index contributed by atoms with van der Waals surface area (Å²) in [4.78, 5) is 8.29. The van der Waals surface area contributed by atoms with Crippen molar-refractivity contribution < 1.29 is 4.39 Å². The number of hydrogen-bond acceptors (Lipinski definition) is 2. The first-order valence-electron chi connectivity index (χ1n) is 4.99. The van der Waals surface area contributed by atoms with Crippen LogP contribution < -0.4 is 0 Å². The molecule has 0 aliphatic carbocycles. The molecule has 1 aromatic carbocycles. The van der Waals surface area contributed by atoms with Gasteiger partial charge in [-0.1, -0.05) is 30.7 Å². The number of aryl methyl sites for hydroxylation is 1. The SMILES string of the molecule is CCc1nc(Cl)cc(-c2ccccc2F)n1. The second kappa shape index (κ2) is 4.58. The maximum atomic E-state index is 13.5. The molecule has 0 N–H and O–H groups in total. The zero-order chi connectivity index (χ0) is 11.5. The lowest BCUT2D eigenvalue weighted by Gasteiger charge is -2.04. The van der Waals surface area contributed by atoms with Crippen LogP contribution in [0.15, 0.2) is 30.3 Å². The van der Waals surface area contributed by atoms with E-state index in [4.69, 9.17) is 11.6 Å². The topological polar surface area (TPSA) is 25.8 Å². The molecule has 0 aliphatic heterocycles. The molecule has 82 valence electrons. The fourth-order valence-electron chi connectivity index (χ4n) is 1.43. The molecule has 0 atom stereocenters. The van der Waals surface area contributed by atoms with Crippen LogP contribution in [0, 0.1) is 5.82 Å². The molecule has 0 aliphatic rings. The first kappa shape index (κ1) is 11.0. The number of nitrogens with zero attached hydrogens (tertiary/aromatic N) is 2. The van der Waals surface area contributed by atoms with Gasteiger partial charge in [0.05, 0.1) is 5.69 Å². The number of rotatable bonds is 2. The maximum Gasteiger partial charge on any atom is 0.133 e. The summed E-state index contributed by atoms with van der Waals surface area (Å²) in [6, 6.07) is 8.05. The Morgan fingerprint density at radius 2 is 2.00 bits per heavy atom. The molecule has 0 amide bonds. The summed E-state index contributed by atoms with van der Waals surface area (Å²) in [5, 5.41) is 0.338. The van der Waals surface area contributed by atoms with Crippen molar-refractivity contribution >= 4 is 11.6 Å². The molecule has 2 aromatic rings. The molecule has 0 fully saturated rings. The van der Waals surface area contributed by atoms with Gasteiger partial charge in [-0.05, 0) is 12.1 Å². The zero-order valence-corrected chi connectivity index (χ0v) is 9.50. The molecule has 16 heavy (non-hydrogen) atoms. The second-order valence-corrected chi connectivity index (χ2v) is 3.71. The summed E-state index contributed by atoms with van der Waals surface area (Å²) < 4.78 is 13.5. The summed E-state index contributed by atoms with van der Waals surface area (Å²) in [6.07, 6.45) is 0.669. The highest BCUT2D eigenvalue weighted by Crippen LogP contribution is 2.22. The smallest absolute Gasteiger partial charge is 0.133 e.